The van der Waals surface area contributed by atoms with Gasteiger partial charge in [0.05, 0.1) is 25.2 Å². The van der Waals surface area contributed by atoms with Gasteiger partial charge >= 0.3 is 0 Å². The number of thiazole rings is 1. The Balaban J connectivity index is 1.32. The highest BCUT2D eigenvalue weighted by Gasteiger charge is 2.17. The Bertz CT molecular complexity index is 1340. The van der Waals surface area contributed by atoms with Crippen LogP contribution in [0, 0.1) is 0 Å². The zero-order chi connectivity index (χ0) is 25.5. The summed E-state index contributed by atoms with van der Waals surface area (Å²) >= 11 is 2.79. The SMILES string of the molecule is COc1ccc(C(=O)Nc2ccc(SC(C)C(=O)Nc3nc(-c4ccccc4OC)cs3)cc2)cc1. The minimum atomic E-state index is -0.344. The van der Waals surface area contributed by atoms with Gasteiger partial charge in [-0.05, 0) is 67.6 Å². The molecule has 0 fully saturated rings. The van der Waals surface area contributed by atoms with Crippen LogP contribution in [0.15, 0.2) is 83.1 Å². The lowest BCUT2D eigenvalue weighted by Crippen LogP contribution is -2.22. The standard InChI is InChI=1S/C27H25N3O4S2/c1-17(25(31)30-27-29-23(16-35-27)22-6-4-5-7-24(22)34-3)36-21-14-10-19(11-15-21)28-26(32)18-8-12-20(33-2)13-9-18/h4-17H,1-3H3,(H,28,32)(H,29,30,31). The van der Waals surface area contributed by atoms with E-state index < -0.39 is 0 Å². The third kappa shape index (κ3) is 6.24. The van der Waals surface area contributed by atoms with Gasteiger partial charge in [-0.15, -0.1) is 23.1 Å². The number of carbonyl (C=O) groups is 2. The minimum absolute atomic E-state index is 0.141. The summed E-state index contributed by atoms with van der Waals surface area (Å²) in [5.41, 5.74) is 2.83. The number of rotatable bonds is 9. The van der Waals surface area contributed by atoms with E-state index in [0.717, 1.165) is 21.9 Å². The fourth-order valence-electron chi connectivity index (χ4n) is 3.34. The van der Waals surface area contributed by atoms with Crippen molar-refractivity contribution in [3.63, 3.8) is 0 Å². The molecule has 36 heavy (non-hydrogen) atoms. The molecule has 4 rings (SSSR count). The van der Waals surface area contributed by atoms with Crippen LogP contribution in [-0.2, 0) is 4.79 Å². The molecule has 3 aromatic carbocycles. The molecule has 2 amide bonds. The lowest BCUT2D eigenvalue weighted by atomic mass is 10.1. The molecule has 4 aromatic rings. The zero-order valence-corrected chi connectivity index (χ0v) is 21.6. The monoisotopic (exact) mass is 519 g/mol. The van der Waals surface area contributed by atoms with Crippen molar-refractivity contribution in [1.29, 1.82) is 0 Å². The summed E-state index contributed by atoms with van der Waals surface area (Å²) in [7, 11) is 3.20. The number of carbonyl (C=O) groups excluding carboxylic acids is 2. The third-order valence-corrected chi connectivity index (χ3v) is 7.13. The van der Waals surface area contributed by atoms with Crippen LogP contribution in [0.4, 0.5) is 10.8 Å². The highest BCUT2D eigenvalue weighted by atomic mass is 32.2. The van der Waals surface area contributed by atoms with E-state index in [2.05, 4.69) is 15.6 Å². The second-order valence-electron chi connectivity index (χ2n) is 7.69. The summed E-state index contributed by atoms with van der Waals surface area (Å²) in [5.74, 6) is 1.07. The molecule has 0 saturated heterocycles. The molecule has 1 unspecified atom stereocenters. The molecular formula is C27H25N3O4S2. The first-order valence-corrected chi connectivity index (χ1v) is 12.8. The van der Waals surface area contributed by atoms with Crippen LogP contribution < -0.4 is 20.1 Å². The normalized spacial score (nSPS) is 11.4. The van der Waals surface area contributed by atoms with Crippen molar-refractivity contribution in [3.05, 3.63) is 83.7 Å². The fraction of sp³-hybridized carbons (Fsp3) is 0.148. The molecule has 1 aromatic heterocycles. The molecule has 0 aliphatic rings. The number of ether oxygens (including phenoxy) is 2. The van der Waals surface area contributed by atoms with Crippen molar-refractivity contribution in [2.24, 2.45) is 0 Å². The quantitative estimate of drug-likeness (QED) is 0.256. The number of hydrogen-bond acceptors (Lipinski definition) is 7. The van der Waals surface area contributed by atoms with Gasteiger partial charge < -0.3 is 20.1 Å². The topological polar surface area (TPSA) is 89.5 Å². The van der Waals surface area contributed by atoms with Crippen molar-refractivity contribution in [2.75, 3.05) is 24.9 Å². The van der Waals surface area contributed by atoms with Gasteiger partial charge in [-0.3, -0.25) is 9.59 Å². The van der Waals surface area contributed by atoms with Gasteiger partial charge in [0.25, 0.3) is 5.91 Å². The van der Waals surface area contributed by atoms with Gasteiger partial charge in [-0.2, -0.15) is 0 Å². The van der Waals surface area contributed by atoms with Gasteiger partial charge in [-0.1, -0.05) is 12.1 Å². The average molecular weight is 520 g/mol. The number of nitrogens with one attached hydrogen (secondary N) is 2. The largest absolute Gasteiger partial charge is 0.497 e. The number of benzene rings is 3. The van der Waals surface area contributed by atoms with E-state index in [0.29, 0.717) is 22.1 Å². The van der Waals surface area contributed by atoms with Gasteiger partial charge in [0, 0.05) is 27.1 Å². The molecule has 2 N–H and O–H groups in total. The molecule has 0 bridgehead atoms. The number of aromatic nitrogens is 1. The fourth-order valence-corrected chi connectivity index (χ4v) is 4.92. The summed E-state index contributed by atoms with van der Waals surface area (Å²) < 4.78 is 10.5. The van der Waals surface area contributed by atoms with Crippen molar-refractivity contribution in [3.8, 4) is 22.8 Å². The van der Waals surface area contributed by atoms with E-state index in [9.17, 15) is 9.59 Å². The Morgan fingerprint density at radius 3 is 2.33 bits per heavy atom. The first-order chi connectivity index (χ1) is 17.5. The molecule has 0 aliphatic heterocycles. The van der Waals surface area contributed by atoms with Crippen molar-refractivity contribution >= 4 is 45.7 Å². The van der Waals surface area contributed by atoms with Crippen molar-refractivity contribution in [1.82, 2.24) is 4.98 Å². The van der Waals surface area contributed by atoms with E-state index in [-0.39, 0.29) is 17.1 Å². The molecule has 0 aliphatic carbocycles. The second-order valence-corrected chi connectivity index (χ2v) is 9.97. The van der Waals surface area contributed by atoms with E-state index in [1.165, 1.54) is 23.1 Å². The lowest BCUT2D eigenvalue weighted by molar-refractivity contribution is -0.115. The van der Waals surface area contributed by atoms with E-state index >= 15 is 0 Å². The number of methoxy groups -OCH3 is 2. The average Bonchev–Trinajstić information content (AvgIpc) is 3.38. The predicted molar refractivity (Wildman–Crippen MR) is 145 cm³/mol. The Labute approximate surface area is 217 Å². The highest BCUT2D eigenvalue weighted by molar-refractivity contribution is 8.00. The Hall–Kier alpha value is -3.82. The van der Waals surface area contributed by atoms with Crippen LogP contribution in [0.5, 0.6) is 11.5 Å². The Morgan fingerprint density at radius 1 is 0.917 bits per heavy atom. The molecule has 184 valence electrons. The summed E-state index contributed by atoms with van der Waals surface area (Å²) in [6.07, 6.45) is 0. The van der Waals surface area contributed by atoms with Crippen LogP contribution in [-0.4, -0.2) is 36.3 Å². The van der Waals surface area contributed by atoms with Crippen molar-refractivity contribution < 1.29 is 19.1 Å². The summed E-state index contributed by atoms with van der Waals surface area (Å²) in [6.45, 7) is 1.84. The van der Waals surface area contributed by atoms with Crippen molar-refractivity contribution in [2.45, 2.75) is 17.1 Å². The number of para-hydroxylation sites is 1. The van der Waals surface area contributed by atoms with Crippen LogP contribution in [0.2, 0.25) is 0 Å². The summed E-state index contributed by atoms with van der Waals surface area (Å²) in [5, 5.41) is 7.85. The highest BCUT2D eigenvalue weighted by Crippen LogP contribution is 2.32. The molecule has 7 nitrogen and oxygen atoms in total. The maximum Gasteiger partial charge on any atom is 0.255 e. The van der Waals surface area contributed by atoms with Gasteiger partial charge in [0.2, 0.25) is 5.91 Å². The smallest absolute Gasteiger partial charge is 0.255 e. The van der Waals surface area contributed by atoms with Gasteiger partial charge in [0.15, 0.2) is 5.13 Å². The minimum Gasteiger partial charge on any atom is -0.497 e. The molecule has 1 heterocycles. The van der Waals surface area contributed by atoms with E-state index in [4.69, 9.17) is 9.47 Å². The number of amides is 2. The number of anilines is 2. The van der Waals surface area contributed by atoms with Gasteiger partial charge in [-0.25, -0.2) is 4.98 Å². The molecule has 0 spiro atoms. The first kappa shape index (κ1) is 25.3. The molecular weight excluding hydrogens is 494 g/mol. The molecule has 1 atom stereocenters. The van der Waals surface area contributed by atoms with Crippen LogP contribution >= 0.6 is 23.1 Å². The summed E-state index contributed by atoms with van der Waals surface area (Å²) in [6, 6.07) is 21.9. The zero-order valence-electron chi connectivity index (χ0n) is 20.0. The lowest BCUT2D eigenvalue weighted by Gasteiger charge is -2.11. The van der Waals surface area contributed by atoms with Crippen LogP contribution in [0.3, 0.4) is 0 Å². The maximum absolute atomic E-state index is 12.7. The van der Waals surface area contributed by atoms with E-state index in [1.807, 2.05) is 60.8 Å². The second kappa shape index (κ2) is 11.7. The van der Waals surface area contributed by atoms with Crippen LogP contribution in [0.1, 0.15) is 17.3 Å². The maximum atomic E-state index is 12.7. The molecule has 9 heteroatoms. The third-order valence-electron chi connectivity index (χ3n) is 5.26. The Kier molecular flexibility index (Phi) is 8.24. The number of nitrogens with zero attached hydrogens (tertiary/aromatic N) is 1. The van der Waals surface area contributed by atoms with E-state index in [1.54, 1.807) is 38.5 Å². The number of thioether (sulfide) groups is 1. The molecule has 0 radical (unpaired) electrons. The first-order valence-electron chi connectivity index (χ1n) is 11.1. The van der Waals surface area contributed by atoms with Gasteiger partial charge in [0.1, 0.15) is 11.5 Å². The number of hydrogen-bond donors (Lipinski definition) is 2. The predicted octanol–water partition coefficient (Wildman–Crippen LogP) is 6.20. The molecule has 0 saturated carbocycles. The van der Waals surface area contributed by atoms with Crippen LogP contribution in [0.25, 0.3) is 11.3 Å². The summed E-state index contributed by atoms with van der Waals surface area (Å²) in [4.78, 5) is 30.6. The Morgan fingerprint density at radius 2 is 1.64 bits per heavy atom.